The summed E-state index contributed by atoms with van der Waals surface area (Å²) in [5.41, 5.74) is 3.42. The lowest BCUT2D eigenvalue weighted by atomic mass is 9.72. The number of rotatable bonds is 6. The van der Waals surface area contributed by atoms with Crippen LogP contribution >= 0.6 is 0 Å². The summed E-state index contributed by atoms with van der Waals surface area (Å²) in [6, 6.07) is 19.0. The molecule has 1 saturated heterocycles. The fourth-order valence-corrected chi connectivity index (χ4v) is 3.75. The Morgan fingerprint density at radius 1 is 1.04 bits per heavy atom. The van der Waals surface area contributed by atoms with Crippen LogP contribution in [0.3, 0.4) is 0 Å². The molecule has 2 aromatic rings. The smallest absolute Gasteiger partial charge is 0.226 e. The molecule has 0 bridgehead atoms. The highest BCUT2D eigenvalue weighted by atomic mass is 16.2. The second-order valence-corrected chi connectivity index (χ2v) is 6.99. The summed E-state index contributed by atoms with van der Waals surface area (Å²) < 4.78 is 0. The first-order valence-electron chi connectivity index (χ1n) is 9.37. The van der Waals surface area contributed by atoms with Crippen molar-refractivity contribution in [3.05, 3.63) is 60.2 Å². The highest BCUT2D eigenvalue weighted by Crippen LogP contribution is 2.36. The minimum Gasteiger partial charge on any atom is -0.356 e. The van der Waals surface area contributed by atoms with Crippen molar-refractivity contribution in [1.29, 1.82) is 0 Å². The van der Waals surface area contributed by atoms with Crippen molar-refractivity contribution < 1.29 is 4.79 Å². The Hall–Kier alpha value is -2.13. The summed E-state index contributed by atoms with van der Waals surface area (Å²) >= 11 is 0. The van der Waals surface area contributed by atoms with Gasteiger partial charge in [-0.2, -0.15) is 0 Å². The lowest BCUT2D eigenvalue weighted by molar-refractivity contribution is -0.132. The van der Waals surface area contributed by atoms with Gasteiger partial charge in [-0.15, -0.1) is 0 Å². The Morgan fingerprint density at radius 2 is 1.72 bits per heavy atom. The van der Waals surface area contributed by atoms with Crippen molar-refractivity contribution in [2.45, 2.75) is 32.6 Å². The molecular formula is C22H28N2O. The Bertz CT molecular complexity index is 690. The zero-order valence-corrected chi connectivity index (χ0v) is 15.1. The van der Waals surface area contributed by atoms with Crippen molar-refractivity contribution in [3.63, 3.8) is 0 Å². The topological polar surface area (TPSA) is 41.1 Å². The molecule has 0 aliphatic carbocycles. The molecule has 1 aliphatic heterocycles. The maximum atomic E-state index is 13.0. The summed E-state index contributed by atoms with van der Waals surface area (Å²) in [4.78, 5) is 13.0. The van der Waals surface area contributed by atoms with Crippen LogP contribution in [0.1, 0.15) is 31.7 Å². The number of hydrogen-bond acceptors (Lipinski definition) is 2. The normalized spacial score (nSPS) is 16.4. The zero-order chi connectivity index (χ0) is 17.5. The van der Waals surface area contributed by atoms with Gasteiger partial charge in [0.25, 0.3) is 0 Å². The van der Waals surface area contributed by atoms with Gasteiger partial charge < -0.3 is 10.6 Å². The molecule has 132 valence electrons. The molecule has 1 amide bonds. The first-order valence-corrected chi connectivity index (χ1v) is 9.37. The van der Waals surface area contributed by atoms with E-state index in [0.29, 0.717) is 0 Å². The van der Waals surface area contributed by atoms with Gasteiger partial charge in [-0.05, 0) is 55.5 Å². The van der Waals surface area contributed by atoms with Crippen LogP contribution in [0.15, 0.2) is 54.6 Å². The Labute approximate surface area is 150 Å². The van der Waals surface area contributed by atoms with Gasteiger partial charge in [0.1, 0.15) is 0 Å². The molecule has 25 heavy (non-hydrogen) atoms. The van der Waals surface area contributed by atoms with E-state index in [1.165, 1.54) is 16.7 Å². The Morgan fingerprint density at radius 3 is 2.44 bits per heavy atom. The summed E-state index contributed by atoms with van der Waals surface area (Å²) in [5.74, 6) is 0.221. The van der Waals surface area contributed by atoms with Gasteiger partial charge in [0.15, 0.2) is 0 Å². The van der Waals surface area contributed by atoms with Gasteiger partial charge in [0.2, 0.25) is 5.91 Å². The fourth-order valence-electron chi connectivity index (χ4n) is 3.75. The molecule has 2 aromatic carbocycles. The number of amides is 1. The number of hydrogen-bond donors (Lipinski definition) is 2. The monoisotopic (exact) mass is 336 g/mol. The average molecular weight is 336 g/mol. The quantitative estimate of drug-likeness (QED) is 0.842. The van der Waals surface area contributed by atoms with Gasteiger partial charge in [-0.3, -0.25) is 4.79 Å². The number of benzene rings is 2. The average Bonchev–Trinajstić information content (AvgIpc) is 2.68. The molecule has 1 fully saturated rings. The Balaban J connectivity index is 1.91. The van der Waals surface area contributed by atoms with Crippen LogP contribution in [-0.4, -0.2) is 25.5 Å². The first-order chi connectivity index (χ1) is 12.2. The van der Waals surface area contributed by atoms with Crippen LogP contribution in [0.25, 0.3) is 11.1 Å². The largest absolute Gasteiger partial charge is 0.356 e. The Kier molecular flexibility index (Phi) is 5.87. The minimum absolute atomic E-state index is 0.221. The summed E-state index contributed by atoms with van der Waals surface area (Å²) in [6.45, 7) is 4.68. The van der Waals surface area contributed by atoms with Gasteiger partial charge in [0.05, 0.1) is 5.41 Å². The fraction of sp³-hybridized carbons (Fsp3) is 0.409. The van der Waals surface area contributed by atoms with Crippen molar-refractivity contribution in [3.8, 4) is 11.1 Å². The van der Waals surface area contributed by atoms with Crippen molar-refractivity contribution in [2.75, 3.05) is 19.6 Å². The van der Waals surface area contributed by atoms with E-state index in [2.05, 4.69) is 66.1 Å². The minimum atomic E-state index is -0.300. The number of nitrogens with one attached hydrogen (secondary N) is 2. The maximum Gasteiger partial charge on any atom is 0.226 e. The zero-order valence-electron chi connectivity index (χ0n) is 15.1. The SMILES string of the molecule is CCCNC(=O)C1(Cc2ccccc2-c2ccccc2)CCNCC1. The first kappa shape index (κ1) is 17.7. The standard InChI is InChI=1S/C22H28N2O/c1-2-14-24-21(25)22(12-15-23-16-13-22)17-19-10-6-7-11-20(19)18-8-4-3-5-9-18/h3-11,23H,2,12-17H2,1H3,(H,24,25). The van der Waals surface area contributed by atoms with E-state index in [1.54, 1.807) is 0 Å². The number of carbonyl (C=O) groups excluding carboxylic acids is 1. The summed E-state index contributed by atoms with van der Waals surface area (Å²) in [6.07, 6.45) is 3.56. The number of carbonyl (C=O) groups is 1. The van der Waals surface area contributed by atoms with E-state index in [0.717, 1.165) is 45.3 Å². The van der Waals surface area contributed by atoms with Crippen LogP contribution in [0.4, 0.5) is 0 Å². The van der Waals surface area contributed by atoms with E-state index in [4.69, 9.17) is 0 Å². The second kappa shape index (κ2) is 8.30. The third-order valence-electron chi connectivity index (χ3n) is 5.21. The third kappa shape index (κ3) is 4.10. The van der Waals surface area contributed by atoms with E-state index < -0.39 is 0 Å². The molecule has 1 aliphatic rings. The predicted octanol–water partition coefficient (Wildman–Crippen LogP) is 3.79. The molecule has 0 atom stereocenters. The van der Waals surface area contributed by atoms with Crippen molar-refractivity contribution in [2.24, 2.45) is 5.41 Å². The lowest BCUT2D eigenvalue weighted by Gasteiger charge is -2.37. The maximum absolute atomic E-state index is 13.0. The van der Waals surface area contributed by atoms with Gasteiger partial charge in [-0.25, -0.2) is 0 Å². The van der Waals surface area contributed by atoms with Crippen LogP contribution in [0.5, 0.6) is 0 Å². The van der Waals surface area contributed by atoms with Crippen LogP contribution in [0.2, 0.25) is 0 Å². The molecule has 3 heteroatoms. The molecule has 2 N–H and O–H groups in total. The molecule has 0 saturated carbocycles. The molecule has 3 nitrogen and oxygen atoms in total. The van der Waals surface area contributed by atoms with Crippen LogP contribution in [-0.2, 0) is 11.2 Å². The van der Waals surface area contributed by atoms with E-state index >= 15 is 0 Å². The number of piperidine rings is 1. The van der Waals surface area contributed by atoms with Gasteiger partial charge in [-0.1, -0.05) is 61.5 Å². The highest BCUT2D eigenvalue weighted by molar-refractivity contribution is 5.83. The molecule has 0 unspecified atom stereocenters. The predicted molar refractivity (Wildman–Crippen MR) is 103 cm³/mol. The van der Waals surface area contributed by atoms with E-state index in [-0.39, 0.29) is 11.3 Å². The van der Waals surface area contributed by atoms with Gasteiger partial charge >= 0.3 is 0 Å². The summed E-state index contributed by atoms with van der Waals surface area (Å²) in [5, 5.41) is 6.56. The molecule has 0 spiro atoms. The second-order valence-electron chi connectivity index (χ2n) is 6.99. The molecule has 0 radical (unpaired) electrons. The van der Waals surface area contributed by atoms with E-state index in [9.17, 15) is 4.79 Å². The molecule has 0 aromatic heterocycles. The molecule has 1 heterocycles. The van der Waals surface area contributed by atoms with Crippen LogP contribution in [0, 0.1) is 5.41 Å². The molecular weight excluding hydrogens is 308 g/mol. The van der Waals surface area contributed by atoms with Crippen molar-refractivity contribution >= 4 is 5.91 Å². The van der Waals surface area contributed by atoms with Gasteiger partial charge in [0, 0.05) is 6.54 Å². The summed E-state index contributed by atoms with van der Waals surface area (Å²) in [7, 11) is 0. The van der Waals surface area contributed by atoms with E-state index in [1.807, 2.05) is 6.07 Å². The highest BCUT2D eigenvalue weighted by Gasteiger charge is 2.39. The third-order valence-corrected chi connectivity index (χ3v) is 5.21. The lowest BCUT2D eigenvalue weighted by Crippen LogP contribution is -2.49. The van der Waals surface area contributed by atoms with Crippen LogP contribution < -0.4 is 10.6 Å². The van der Waals surface area contributed by atoms with Crippen molar-refractivity contribution in [1.82, 2.24) is 10.6 Å². The molecule has 3 rings (SSSR count).